The molecule has 2 aromatic rings. The van der Waals surface area contributed by atoms with E-state index in [0.717, 1.165) is 6.26 Å². The topological polar surface area (TPSA) is 107 Å². The standard InChI is InChI=1S/C12H14N4O3S/c1-16-11(8(13)7-14-16)12(17)15-9-5-3-4-6-10(9)20(2,18)19/h3-7H,13H2,1-2H3,(H,15,17). The highest BCUT2D eigenvalue weighted by Gasteiger charge is 2.19. The molecule has 3 N–H and O–H groups in total. The Bertz CT molecular complexity index is 745. The number of hydrogen-bond acceptors (Lipinski definition) is 5. The van der Waals surface area contributed by atoms with Crippen molar-refractivity contribution in [3.63, 3.8) is 0 Å². The first-order valence-corrected chi connectivity index (χ1v) is 7.57. The van der Waals surface area contributed by atoms with Crippen molar-refractivity contribution in [3.05, 3.63) is 36.2 Å². The fourth-order valence-corrected chi connectivity index (χ4v) is 2.65. The molecule has 0 fully saturated rings. The molecule has 0 saturated carbocycles. The highest BCUT2D eigenvalue weighted by atomic mass is 32.2. The maximum absolute atomic E-state index is 12.1. The van der Waals surface area contributed by atoms with Crippen molar-refractivity contribution in [2.24, 2.45) is 7.05 Å². The minimum atomic E-state index is -3.44. The number of anilines is 2. The number of nitrogens with two attached hydrogens (primary N) is 1. The van der Waals surface area contributed by atoms with Crippen LogP contribution in [0.3, 0.4) is 0 Å². The lowest BCUT2D eigenvalue weighted by molar-refractivity contribution is 0.101. The molecule has 7 nitrogen and oxygen atoms in total. The summed E-state index contributed by atoms with van der Waals surface area (Å²) in [5.74, 6) is -0.515. The van der Waals surface area contributed by atoms with Gasteiger partial charge in [0.25, 0.3) is 5.91 Å². The highest BCUT2D eigenvalue weighted by Crippen LogP contribution is 2.22. The van der Waals surface area contributed by atoms with Crippen molar-refractivity contribution in [2.45, 2.75) is 4.90 Å². The van der Waals surface area contributed by atoms with Gasteiger partial charge in [-0.05, 0) is 12.1 Å². The van der Waals surface area contributed by atoms with E-state index in [1.54, 1.807) is 19.2 Å². The van der Waals surface area contributed by atoms with Crippen LogP contribution >= 0.6 is 0 Å². The van der Waals surface area contributed by atoms with Crippen molar-refractivity contribution < 1.29 is 13.2 Å². The number of hydrogen-bond donors (Lipinski definition) is 2. The van der Waals surface area contributed by atoms with Gasteiger partial charge in [0.1, 0.15) is 5.69 Å². The first kappa shape index (κ1) is 14.1. The Morgan fingerprint density at radius 3 is 2.55 bits per heavy atom. The van der Waals surface area contributed by atoms with E-state index in [1.165, 1.54) is 23.0 Å². The van der Waals surface area contributed by atoms with E-state index in [0.29, 0.717) is 0 Å². The minimum Gasteiger partial charge on any atom is -0.396 e. The van der Waals surface area contributed by atoms with Crippen LogP contribution in [0.4, 0.5) is 11.4 Å². The molecular weight excluding hydrogens is 280 g/mol. The molecule has 0 saturated heterocycles. The largest absolute Gasteiger partial charge is 0.396 e. The smallest absolute Gasteiger partial charge is 0.276 e. The third kappa shape index (κ3) is 2.64. The molecule has 0 aliphatic heterocycles. The molecule has 0 aliphatic rings. The summed E-state index contributed by atoms with van der Waals surface area (Å²) in [6, 6.07) is 6.17. The molecule has 0 spiro atoms. The van der Waals surface area contributed by atoms with E-state index >= 15 is 0 Å². The SMILES string of the molecule is Cn1ncc(N)c1C(=O)Nc1ccccc1S(C)(=O)=O. The van der Waals surface area contributed by atoms with E-state index in [-0.39, 0.29) is 22.0 Å². The molecular formula is C12H14N4O3S. The van der Waals surface area contributed by atoms with Crippen molar-refractivity contribution in [2.75, 3.05) is 17.3 Å². The van der Waals surface area contributed by atoms with Crippen LogP contribution in [-0.2, 0) is 16.9 Å². The van der Waals surface area contributed by atoms with Crippen molar-refractivity contribution in [1.29, 1.82) is 0 Å². The molecule has 1 heterocycles. The van der Waals surface area contributed by atoms with Gasteiger partial charge in [0.15, 0.2) is 9.84 Å². The van der Waals surface area contributed by atoms with Crippen LogP contribution in [0.2, 0.25) is 0 Å². The van der Waals surface area contributed by atoms with Crippen LogP contribution in [0.5, 0.6) is 0 Å². The Kier molecular flexibility index (Phi) is 3.49. The highest BCUT2D eigenvalue weighted by molar-refractivity contribution is 7.90. The van der Waals surface area contributed by atoms with Crippen LogP contribution < -0.4 is 11.1 Å². The maximum atomic E-state index is 12.1. The van der Waals surface area contributed by atoms with E-state index in [4.69, 9.17) is 5.73 Å². The zero-order valence-corrected chi connectivity index (χ0v) is 11.8. The van der Waals surface area contributed by atoms with Gasteiger partial charge in [-0.25, -0.2) is 8.42 Å². The number of rotatable bonds is 3. The van der Waals surface area contributed by atoms with E-state index < -0.39 is 15.7 Å². The fourth-order valence-electron chi connectivity index (χ4n) is 1.81. The fraction of sp³-hybridized carbons (Fsp3) is 0.167. The predicted molar refractivity (Wildman–Crippen MR) is 75.1 cm³/mol. The lowest BCUT2D eigenvalue weighted by Crippen LogP contribution is -2.19. The molecule has 1 aromatic heterocycles. The number of benzene rings is 1. The van der Waals surface area contributed by atoms with E-state index in [9.17, 15) is 13.2 Å². The van der Waals surface area contributed by atoms with Crippen LogP contribution in [0, 0.1) is 0 Å². The molecule has 2 rings (SSSR count). The lowest BCUT2D eigenvalue weighted by atomic mass is 10.3. The normalized spacial score (nSPS) is 11.3. The number of carbonyl (C=O) groups is 1. The van der Waals surface area contributed by atoms with Gasteiger partial charge in [0, 0.05) is 13.3 Å². The second-order valence-corrected chi connectivity index (χ2v) is 6.28. The molecule has 0 unspecified atom stereocenters. The van der Waals surface area contributed by atoms with Gasteiger partial charge in [-0.2, -0.15) is 5.10 Å². The number of nitrogens with one attached hydrogen (secondary N) is 1. The van der Waals surface area contributed by atoms with Gasteiger partial charge in [-0.1, -0.05) is 12.1 Å². The van der Waals surface area contributed by atoms with Gasteiger partial charge in [0.2, 0.25) is 0 Å². The van der Waals surface area contributed by atoms with E-state index in [1.807, 2.05) is 0 Å². The molecule has 1 amide bonds. The van der Waals surface area contributed by atoms with Crippen molar-refractivity contribution >= 4 is 27.1 Å². The number of para-hydroxylation sites is 1. The van der Waals surface area contributed by atoms with E-state index in [2.05, 4.69) is 10.4 Å². The molecule has 20 heavy (non-hydrogen) atoms. The predicted octanol–water partition coefficient (Wildman–Crippen LogP) is 0.658. The Hall–Kier alpha value is -2.35. The zero-order chi connectivity index (χ0) is 14.9. The number of nitrogen functional groups attached to an aromatic ring is 1. The number of aryl methyl sites for hydroxylation is 1. The van der Waals surface area contributed by atoms with Crippen LogP contribution in [0.25, 0.3) is 0 Å². The quantitative estimate of drug-likeness (QED) is 0.864. The monoisotopic (exact) mass is 294 g/mol. The maximum Gasteiger partial charge on any atom is 0.276 e. The molecule has 0 aliphatic carbocycles. The summed E-state index contributed by atoms with van der Waals surface area (Å²) in [7, 11) is -1.86. The third-order valence-electron chi connectivity index (χ3n) is 2.72. The first-order valence-electron chi connectivity index (χ1n) is 5.68. The molecule has 0 radical (unpaired) electrons. The average Bonchev–Trinajstić information content (AvgIpc) is 2.68. The average molecular weight is 294 g/mol. The van der Waals surface area contributed by atoms with Crippen LogP contribution in [-0.4, -0.2) is 30.4 Å². The summed E-state index contributed by atoms with van der Waals surface area (Å²) in [5.41, 5.74) is 6.26. The number of amides is 1. The van der Waals surface area contributed by atoms with Gasteiger partial charge in [-0.3, -0.25) is 9.48 Å². The number of nitrogens with zero attached hydrogens (tertiary/aromatic N) is 2. The summed E-state index contributed by atoms with van der Waals surface area (Å²) in [4.78, 5) is 12.2. The second-order valence-electron chi connectivity index (χ2n) is 4.29. The molecule has 1 aromatic carbocycles. The van der Waals surface area contributed by atoms with Gasteiger partial charge in [0.05, 0.1) is 22.5 Å². The summed E-state index contributed by atoms with van der Waals surface area (Å²) < 4.78 is 24.7. The Labute approximate surface area is 116 Å². The Balaban J connectivity index is 2.39. The zero-order valence-electron chi connectivity index (χ0n) is 11.0. The summed E-state index contributed by atoms with van der Waals surface area (Å²) in [5, 5.41) is 6.40. The van der Waals surface area contributed by atoms with Crippen LogP contribution in [0.1, 0.15) is 10.5 Å². The summed E-state index contributed by atoms with van der Waals surface area (Å²) in [6.45, 7) is 0. The molecule has 8 heteroatoms. The number of aromatic nitrogens is 2. The third-order valence-corrected chi connectivity index (χ3v) is 3.87. The Morgan fingerprint density at radius 2 is 2.00 bits per heavy atom. The van der Waals surface area contributed by atoms with Crippen LogP contribution in [0.15, 0.2) is 35.4 Å². The molecule has 0 bridgehead atoms. The number of carbonyl (C=O) groups excluding carboxylic acids is 1. The second kappa shape index (κ2) is 4.97. The Morgan fingerprint density at radius 1 is 1.35 bits per heavy atom. The first-order chi connectivity index (χ1) is 9.30. The van der Waals surface area contributed by atoms with Gasteiger partial charge in [-0.15, -0.1) is 0 Å². The molecule has 106 valence electrons. The summed E-state index contributed by atoms with van der Waals surface area (Å²) in [6.07, 6.45) is 2.44. The lowest BCUT2D eigenvalue weighted by Gasteiger charge is -2.10. The van der Waals surface area contributed by atoms with Crippen molar-refractivity contribution in [1.82, 2.24) is 9.78 Å². The van der Waals surface area contributed by atoms with Crippen molar-refractivity contribution in [3.8, 4) is 0 Å². The minimum absolute atomic E-state index is 0.0501. The number of sulfone groups is 1. The summed E-state index contributed by atoms with van der Waals surface area (Å²) >= 11 is 0. The van der Waals surface area contributed by atoms with Gasteiger partial charge >= 0.3 is 0 Å². The molecule has 0 atom stereocenters. The van der Waals surface area contributed by atoms with Gasteiger partial charge < -0.3 is 11.1 Å².